The van der Waals surface area contributed by atoms with E-state index in [0.29, 0.717) is 11.3 Å². The van der Waals surface area contributed by atoms with E-state index in [9.17, 15) is 4.79 Å². The van der Waals surface area contributed by atoms with Gasteiger partial charge in [0.25, 0.3) is 0 Å². The van der Waals surface area contributed by atoms with Gasteiger partial charge in [-0.1, -0.05) is 36.9 Å². The Kier molecular flexibility index (Phi) is 3.83. The van der Waals surface area contributed by atoms with E-state index in [1.54, 1.807) is 24.3 Å². The second-order valence-corrected chi connectivity index (χ2v) is 3.87. The van der Waals surface area contributed by atoms with Crippen LogP contribution in [0.3, 0.4) is 0 Å². The molecule has 0 heterocycles. The van der Waals surface area contributed by atoms with Crippen LogP contribution in [0.5, 0.6) is 0 Å². The van der Waals surface area contributed by atoms with E-state index >= 15 is 0 Å². The van der Waals surface area contributed by atoms with Gasteiger partial charge < -0.3 is 5.11 Å². The summed E-state index contributed by atoms with van der Waals surface area (Å²) in [5.74, 6) is -1.03. The van der Waals surface area contributed by atoms with Crippen molar-refractivity contribution in [3.05, 3.63) is 66.7 Å². The minimum Gasteiger partial charge on any atom is -0.478 e. The van der Waals surface area contributed by atoms with Crippen LogP contribution in [0.2, 0.25) is 0 Å². The Balaban J connectivity index is 2.13. The van der Waals surface area contributed by atoms with Crippen LogP contribution < -0.4 is 0 Å². The summed E-state index contributed by atoms with van der Waals surface area (Å²) < 4.78 is 0. The van der Waals surface area contributed by atoms with Crippen molar-refractivity contribution in [3.8, 4) is 0 Å². The van der Waals surface area contributed by atoms with Crippen molar-refractivity contribution < 1.29 is 9.90 Å². The maximum Gasteiger partial charge on any atom is 0.335 e. The molecule has 0 fully saturated rings. The van der Waals surface area contributed by atoms with E-state index in [-0.39, 0.29) is 5.57 Å². The van der Waals surface area contributed by atoms with E-state index < -0.39 is 5.97 Å². The van der Waals surface area contributed by atoms with Crippen LogP contribution in [-0.4, -0.2) is 11.1 Å². The number of rotatable bonds is 4. The predicted molar refractivity (Wildman–Crippen MR) is 73.7 cm³/mol. The van der Waals surface area contributed by atoms with Gasteiger partial charge in [0.05, 0.1) is 16.9 Å². The third-order valence-corrected chi connectivity index (χ3v) is 2.51. The van der Waals surface area contributed by atoms with Crippen molar-refractivity contribution in [2.45, 2.75) is 0 Å². The molecule has 19 heavy (non-hydrogen) atoms. The van der Waals surface area contributed by atoms with Crippen LogP contribution in [0.1, 0.15) is 5.56 Å². The Hall–Kier alpha value is -2.75. The number of aliphatic carboxylic acids is 1. The van der Waals surface area contributed by atoms with Crippen molar-refractivity contribution in [1.82, 2.24) is 0 Å². The third-order valence-electron chi connectivity index (χ3n) is 2.51. The third kappa shape index (κ3) is 3.35. The molecule has 2 aromatic rings. The minimum atomic E-state index is -1.03. The lowest BCUT2D eigenvalue weighted by Crippen LogP contribution is -1.97. The molecule has 0 aliphatic heterocycles. The van der Waals surface area contributed by atoms with Crippen LogP contribution in [0.15, 0.2) is 71.4 Å². The average molecular weight is 252 g/mol. The molecule has 0 spiro atoms. The quantitative estimate of drug-likeness (QED) is 0.654. The van der Waals surface area contributed by atoms with Crippen LogP contribution in [0.4, 0.5) is 11.4 Å². The monoisotopic (exact) mass is 252 g/mol. The van der Waals surface area contributed by atoms with Crippen molar-refractivity contribution in [2.24, 2.45) is 10.2 Å². The zero-order valence-electron chi connectivity index (χ0n) is 10.2. The molecule has 0 bridgehead atoms. The molecule has 0 aliphatic rings. The van der Waals surface area contributed by atoms with Crippen LogP contribution in [0, 0.1) is 0 Å². The number of carbonyl (C=O) groups is 1. The zero-order chi connectivity index (χ0) is 13.7. The Labute approximate surface area is 110 Å². The molecule has 0 saturated heterocycles. The fourth-order valence-electron chi connectivity index (χ4n) is 1.46. The zero-order valence-corrected chi connectivity index (χ0v) is 10.2. The number of hydrogen-bond donors (Lipinski definition) is 1. The van der Waals surface area contributed by atoms with Gasteiger partial charge in [-0.3, -0.25) is 0 Å². The topological polar surface area (TPSA) is 62.0 Å². The van der Waals surface area contributed by atoms with Gasteiger partial charge in [-0.2, -0.15) is 10.2 Å². The first-order valence-electron chi connectivity index (χ1n) is 5.66. The SMILES string of the molecule is C=C(C(=O)O)c1ccc(N=Nc2ccccc2)cc1. The van der Waals surface area contributed by atoms with Crippen LogP contribution in [-0.2, 0) is 4.79 Å². The molecule has 94 valence electrons. The molecular weight excluding hydrogens is 240 g/mol. The average Bonchev–Trinajstić information content (AvgIpc) is 2.46. The molecular formula is C15H12N2O2. The smallest absolute Gasteiger partial charge is 0.335 e. The number of carboxylic acid groups (broad SMARTS) is 1. The number of carboxylic acids is 1. The first-order chi connectivity index (χ1) is 9.16. The van der Waals surface area contributed by atoms with E-state index in [2.05, 4.69) is 16.8 Å². The molecule has 2 aromatic carbocycles. The summed E-state index contributed by atoms with van der Waals surface area (Å²) in [6.45, 7) is 3.49. The normalized spacial score (nSPS) is 10.5. The van der Waals surface area contributed by atoms with Gasteiger partial charge in [0.15, 0.2) is 0 Å². The first kappa shape index (κ1) is 12.7. The molecule has 0 atom stereocenters. The molecule has 4 heteroatoms. The molecule has 0 aliphatic carbocycles. The maximum atomic E-state index is 10.8. The van der Waals surface area contributed by atoms with Crippen molar-refractivity contribution >= 4 is 22.9 Å². The molecule has 0 aromatic heterocycles. The molecule has 0 amide bonds. The van der Waals surface area contributed by atoms with Gasteiger partial charge in [-0.05, 0) is 29.8 Å². The fourth-order valence-corrected chi connectivity index (χ4v) is 1.46. The Morgan fingerprint density at radius 3 is 1.95 bits per heavy atom. The summed E-state index contributed by atoms with van der Waals surface area (Å²) in [5.41, 5.74) is 2.05. The molecule has 4 nitrogen and oxygen atoms in total. The van der Waals surface area contributed by atoms with Gasteiger partial charge >= 0.3 is 5.97 Å². The van der Waals surface area contributed by atoms with Gasteiger partial charge in [0.1, 0.15) is 0 Å². The highest BCUT2D eigenvalue weighted by Gasteiger charge is 2.06. The van der Waals surface area contributed by atoms with Crippen LogP contribution >= 0.6 is 0 Å². The Morgan fingerprint density at radius 2 is 1.42 bits per heavy atom. The lowest BCUT2D eigenvalue weighted by Gasteiger charge is -2.00. The summed E-state index contributed by atoms with van der Waals surface area (Å²) in [4.78, 5) is 10.8. The summed E-state index contributed by atoms with van der Waals surface area (Å²) in [6.07, 6.45) is 0. The molecule has 0 radical (unpaired) electrons. The van der Waals surface area contributed by atoms with Gasteiger partial charge in [0, 0.05) is 0 Å². The predicted octanol–water partition coefficient (Wildman–Crippen LogP) is 4.20. The summed E-state index contributed by atoms with van der Waals surface area (Å²) in [6, 6.07) is 16.1. The second kappa shape index (κ2) is 5.73. The van der Waals surface area contributed by atoms with E-state index in [1.807, 2.05) is 30.3 Å². The summed E-state index contributed by atoms with van der Waals surface area (Å²) in [5, 5.41) is 17.0. The van der Waals surface area contributed by atoms with Gasteiger partial charge in [0.2, 0.25) is 0 Å². The highest BCUT2D eigenvalue weighted by Crippen LogP contribution is 2.20. The standard InChI is InChI=1S/C15H12N2O2/c1-11(15(18)19)12-7-9-14(10-8-12)17-16-13-5-3-2-4-6-13/h2-10H,1H2,(H,18,19). The van der Waals surface area contributed by atoms with E-state index in [4.69, 9.17) is 5.11 Å². The summed E-state index contributed by atoms with van der Waals surface area (Å²) >= 11 is 0. The van der Waals surface area contributed by atoms with Crippen LogP contribution in [0.25, 0.3) is 5.57 Å². The molecule has 0 unspecified atom stereocenters. The Bertz CT molecular complexity index is 616. The lowest BCUT2D eigenvalue weighted by atomic mass is 10.1. The number of hydrogen-bond acceptors (Lipinski definition) is 3. The Morgan fingerprint density at radius 1 is 0.895 bits per heavy atom. The molecule has 0 saturated carbocycles. The van der Waals surface area contributed by atoms with Crippen molar-refractivity contribution in [1.29, 1.82) is 0 Å². The minimum absolute atomic E-state index is 0.0616. The molecule has 1 N–H and O–H groups in total. The lowest BCUT2D eigenvalue weighted by molar-refractivity contribution is -0.130. The molecule has 2 rings (SSSR count). The number of azo groups is 1. The number of benzene rings is 2. The van der Waals surface area contributed by atoms with Crippen molar-refractivity contribution in [3.63, 3.8) is 0 Å². The highest BCUT2D eigenvalue weighted by molar-refractivity contribution is 6.14. The number of nitrogens with zero attached hydrogens (tertiary/aromatic N) is 2. The van der Waals surface area contributed by atoms with E-state index in [0.717, 1.165) is 5.69 Å². The summed E-state index contributed by atoms with van der Waals surface area (Å²) in [7, 11) is 0. The second-order valence-electron chi connectivity index (χ2n) is 3.87. The maximum absolute atomic E-state index is 10.8. The highest BCUT2D eigenvalue weighted by atomic mass is 16.4. The fraction of sp³-hybridized carbons (Fsp3) is 0. The van der Waals surface area contributed by atoms with Gasteiger partial charge in [-0.25, -0.2) is 4.79 Å². The largest absolute Gasteiger partial charge is 0.478 e. The van der Waals surface area contributed by atoms with Crippen molar-refractivity contribution in [2.75, 3.05) is 0 Å². The first-order valence-corrected chi connectivity index (χ1v) is 5.66. The van der Waals surface area contributed by atoms with Gasteiger partial charge in [-0.15, -0.1) is 0 Å². The van der Waals surface area contributed by atoms with E-state index in [1.165, 1.54) is 0 Å².